The lowest BCUT2D eigenvalue weighted by Crippen LogP contribution is -2.37. The van der Waals surface area contributed by atoms with Crippen molar-refractivity contribution < 1.29 is 0 Å². The molecule has 1 aliphatic heterocycles. The zero-order valence-corrected chi connectivity index (χ0v) is 11.4. The number of rotatable bonds is 4. The van der Waals surface area contributed by atoms with E-state index in [9.17, 15) is 0 Å². The number of halogens is 1. The van der Waals surface area contributed by atoms with Gasteiger partial charge in [-0.25, -0.2) is 4.98 Å². The van der Waals surface area contributed by atoms with Crippen LogP contribution in [-0.2, 0) is 0 Å². The van der Waals surface area contributed by atoms with E-state index in [4.69, 9.17) is 11.6 Å². The van der Waals surface area contributed by atoms with Gasteiger partial charge in [0.2, 0.25) is 0 Å². The van der Waals surface area contributed by atoms with Crippen LogP contribution in [0, 0.1) is 5.92 Å². The number of nitrogens with zero attached hydrogens (tertiary/aromatic N) is 2. The van der Waals surface area contributed by atoms with Crippen molar-refractivity contribution in [3.05, 3.63) is 23.4 Å². The molecule has 1 saturated carbocycles. The molecule has 0 spiro atoms. The third-order valence-corrected chi connectivity index (χ3v) is 4.21. The normalized spacial score (nSPS) is 20.9. The van der Waals surface area contributed by atoms with Gasteiger partial charge in [0, 0.05) is 18.8 Å². The maximum Gasteiger partial charge on any atom is 0.147 e. The van der Waals surface area contributed by atoms with Crippen molar-refractivity contribution in [1.82, 2.24) is 10.3 Å². The molecular formula is C14H20ClN3. The average Bonchev–Trinajstić information content (AvgIpc) is 3.23. The molecule has 18 heavy (non-hydrogen) atoms. The van der Waals surface area contributed by atoms with Crippen molar-refractivity contribution in [2.45, 2.75) is 31.7 Å². The van der Waals surface area contributed by atoms with Gasteiger partial charge in [-0.05, 0) is 56.8 Å². The van der Waals surface area contributed by atoms with Crippen LogP contribution in [0.4, 0.5) is 5.82 Å². The van der Waals surface area contributed by atoms with Gasteiger partial charge < -0.3 is 10.2 Å². The average molecular weight is 266 g/mol. The van der Waals surface area contributed by atoms with Gasteiger partial charge in [0.05, 0.1) is 5.02 Å². The van der Waals surface area contributed by atoms with E-state index in [2.05, 4.69) is 15.2 Å². The molecule has 1 N–H and O–H groups in total. The molecule has 0 aromatic carbocycles. The summed E-state index contributed by atoms with van der Waals surface area (Å²) in [6.45, 7) is 3.42. The molecule has 0 amide bonds. The molecule has 0 bridgehead atoms. The number of pyridine rings is 1. The lowest BCUT2D eigenvalue weighted by atomic mass is 9.97. The van der Waals surface area contributed by atoms with E-state index in [-0.39, 0.29) is 0 Å². The van der Waals surface area contributed by atoms with Gasteiger partial charge >= 0.3 is 0 Å². The van der Waals surface area contributed by atoms with Gasteiger partial charge in [-0.2, -0.15) is 0 Å². The van der Waals surface area contributed by atoms with Crippen LogP contribution in [-0.4, -0.2) is 30.7 Å². The Labute approximate surface area is 114 Å². The molecular weight excluding hydrogens is 246 g/mol. The summed E-state index contributed by atoms with van der Waals surface area (Å²) in [6.07, 6.45) is 6.97. The highest BCUT2D eigenvalue weighted by Gasteiger charge is 2.32. The fourth-order valence-electron chi connectivity index (χ4n) is 2.73. The molecule has 98 valence electrons. The molecule has 2 heterocycles. The van der Waals surface area contributed by atoms with E-state index in [0.717, 1.165) is 36.4 Å². The van der Waals surface area contributed by atoms with Crippen molar-refractivity contribution in [2.75, 3.05) is 24.5 Å². The summed E-state index contributed by atoms with van der Waals surface area (Å²) in [5, 5.41) is 4.21. The zero-order chi connectivity index (χ0) is 12.4. The minimum Gasteiger partial charge on any atom is -0.352 e. The minimum atomic E-state index is 0.673. The molecule has 0 unspecified atom stereocenters. The third-order valence-electron chi connectivity index (χ3n) is 3.91. The second-order valence-corrected chi connectivity index (χ2v) is 5.79. The highest BCUT2D eigenvalue weighted by molar-refractivity contribution is 6.32. The third kappa shape index (κ3) is 2.78. The molecule has 3 rings (SSSR count). The van der Waals surface area contributed by atoms with Gasteiger partial charge in [-0.15, -0.1) is 0 Å². The lowest BCUT2D eigenvalue weighted by Gasteiger charge is -2.31. The first-order valence-corrected chi connectivity index (χ1v) is 7.30. The molecule has 0 radical (unpaired) electrons. The van der Waals surface area contributed by atoms with Crippen LogP contribution in [0.3, 0.4) is 0 Å². The molecule has 1 aliphatic carbocycles. The molecule has 1 saturated heterocycles. The van der Waals surface area contributed by atoms with Gasteiger partial charge in [-0.3, -0.25) is 0 Å². The van der Waals surface area contributed by atoms with Crippen LogP contribution >= 0.6 is 11.6 Å². The summed E-state index contributed by atoms with van der Waals surface area (Å²) in [5.41, 5.74) is 0. The van der Waals surface area contributed by atoms with E-state index in [1.54, 1.807) is 0 Å². The molecule has 2 aliphatic rings. The predicted octanol–water partition coefficient (Wildman–Crippen LogP) is 2.70. The first-order valence-electron chi connectivity index (χ1n) is 6.92. The molecule has 1 aromatic rings. The largest absolute Gasteiger partial charge is 0.352 e. The van der Waals surface area contributed by atoms with Gasteiger partial charge in [0.15, 0.2) is 0 Å². The maximum atomic E-state index is 6.29. The first-order chi connectivity index (χ1) is 8.84. The quantitative estimate of drug-likeness (QED) is 0.907. The van der Waals surface area contributed by atoms with Crippen LogP contribution < -0.4 is 10.2 Å². The van der Waals surface area contributed by atoms with E-state index >= 15 is 0 Å². The van der Waals surface area contributed by atoms with Gasteiger partial charge in [0.25, 0.3) is 0 Å². The second-order valence-electron chi connectivity index (χ2n) is 5.39. The number of nitrogens with one attached hydrogen (secondary N) is 1. The summed E-state index contributed by atoms with van der Waals surface area (Å²) < 4.78 is 0. The van der Waals surface area contributed by atoms with Crippen molar-refractivity contribution in [3.63, 3.8) is 0 Å². The van der Waals surface area contributed by atoms with E-state index in [0.29, 0.717) is 6.04 Å². The number of piperidine rings is 1. The highest BCUT2D eigenvalue weighted by Crippen LogP contribution is 2.35. The van der Waals surface area contributed by atoms with E-state index in [1.165, 1.54) is 25.7 Å². The van der Waals surface area contributed by atoms with E-state index in [1.807, 2.05) is 18.3 Å². The molecule has 0 atom stereocenters. The summed E-state index contributed by atoms with van der Waals surface area (Å²) in [5.74, 6) is 1.77. The monoisotopic (exact) mass is 265 g/mol. The topological polar surface area (TPSA) is 28.2 Å². The Morgan fingerprint density at radius 3 is 2.72 bits per heavy atom. The Morgan fingerprint density at radius 1 is 1.28 bits per heavy atom. The summed E-state index contributed by atoms with van der Waals surface area (Å²) in [6, 6.07) is 4.52. The van der Waals surface area contributed by atoms with E-state index < -0.39 is 0 Å². The van der Waals surface area contributed by atoms with Gasteiger partial charge in [-0.1, -0.05) is 11.6 Å². The van der Waals surface area contributed by atoms with Crippen LogP contribution in [0.1, 0.15) is 25.7 Å². The number of hydrogen-bond donors (Lipinski definition) is 1. The molecule has 1 aromatic heterocycles. The van der Waals surface area contributed by atoms with Gasteiger partial charge in [0.1, 0.15) is 5.82 Å². The second kappa shape index (κ2) is 5.45. The van der Waals surface area contributed by atoms with Crippen LogP contribution in [0.25, 0.3) is 0 Å². The first kappa shape index (κ1) is 12.2. The maximum absolute atomic E-state index is 6.29. The van der Waals surface area contributed by atoms with Crippen LogP contribution in [0.2, 0.25) is 5.02 Å². The smallest absolute Gasteiger partial charge is 0.147 e. The summed E-state index contributed by atoms with van der Waals surface area (Å²) in [7, 11) is 0. The molecule has 3 nitrogen and oxygen atoms in total. The fourth-order valence-corrected chi connectivity index (χ4v) is 2.96. The Morgan fingerprint density at radius 2 is 2.06 bits per heavy atom. The van der Waals surface area contributed by atoms with Crippen molar-refractivity contribution in [3.8, 4) is 0 Å². The number of hydrogen-bond acceptors (Lipinski definition) is 3. The Hall–Kier alpha value is -0.800. The van der Waals surface area contributed by atoms with Crippen LogP contribution in [0.15, 0.2) is 18.3 Å². The minimum absolute atomic E-state index is 0.673. The SMILES string of the molecule is Clc1cccnc1N(CC1CCNCC1)C1CC1. The molecule has 2 fully saturated rings. The predicted molar refractivity (Wildman–Crippen MR) is 75.2 cm³/mol. The molecule has 4 heteroatoms. The Balaban J connectivity index is 1.73. The summed E-state index contributed by atoms with van der Waals surface area (Å²) >= 11 is 6.29. The fraction of sp³-hybridized carbons (Fsp3) is 0.643. The zero-order valence-electron chi connectivity index (χ0n) is 10.6. The standard InChI is InChI=1S/C14H20ClN3/c15-13-2-1-7-17-14(13)18(12-3-4-12)10-11-5-8-16-9-6-11/h1-2,7,11-12,16H,3-6,8-10H2. The lowest BCUT2D eigenvalue weighted by molar-refractivity contribution is 0.372. The number of anilines is 1. The van der Waals surface area contributed by atoms with Crippen molar-refractivity contribution >= 4 is 17.4 Å². The highest BCUT2D eigenvalue weighted by atomic mass is 35.5. The van der Waals surface area contributed by atoms with Crippen molar-refractivity contribution in [2.24, 2.45) is 5.92 Å². The Kier molecular flexibility index (Phi) is 3.71. The van der Waals surface area contributed by atoms with Crippen molar-refractivity contribution in [1.29, 1.82) is 0 Å². The van der Waals surface area contributed by atoms with Crippen LogP contribution in [0.5, 0.6) is 0 Å². The Bertz CT molecular complexity index is 400. The summed E-state index contributed by atoms with van der Waals surface area (Å²) in [4.78, 5) is 6.93. The number of aromatic nitrogens is 1.